The van der Waals surface area contributed by atoms with Gasteiger partial charge in [-0.25, -0.2) is 0 Å². The molecule has 4 nitrogen and oxygen atoms in total. The van der Waals surface area contributed by atoms with E-state index in [2.05, 4.69) is 13.8 Å². The lowest BCUT2D eigenvalue weighted by molar-refractivity contribution is -0.248. The normalized spacial score (nSPS) is 19.8. The van der Waals surface area contributed by atoms with Crippen LogP contribution in [0.4, 0.5) is 0 Å². The number of cyclic esters (lactones) is 2. The van der Waals surface area contributed by atoms with Gasteiger partial charge in [0.2, 0.25) is 0 Å². The van der Waals surface area contributed by atoms with E-state index in [1.807, 2.05) is 13.8 Å². The van der Waals surface area contributed by atoms with Gasteiger partial charge in [0, 0.05) is 13.8 Å². The Balaban J connectivity index is 0. The van der Waals surface area contributed by atoms with Crippen LogP contribution in [0, 0.1) is 5.41 Å². The van der Waals surface area contributed by atoms with Crippen LogP contribution in [0.3, 0.4) is 0 Å². The van der Waals surface area contributed by atoms with Gasteiger partial charge in [-0.15, -0.1) is 0 Å². The predicted molar refractivity (Wildman–Crippen MR) is 67.4 cm³/mol. The zero-order valence-electron chi connectivity index (χ0n) is 12.3. The highest BCUT2D eigenvalue weighted by Gasteiger charge is 2.49. The molecule has 1 rings (SSSR count). The molecule has 0 aromatic heterocycles. The number of carbonyl (C=O) groups excluding carboxylic acids is 2. The summed E-state index contributed by atoms with van der Waals surface area (Å²) in [4.78, 5) is 22.4. The minimum atomic E-state index is -1.17. The van der Waals surface area contributed by atoms with Crippen LogP contribution in [-0.4, -0.2) is 17.7 Å². The molecule has 0 amide bonds. The molecule has 1 aliphatic rings. The number of ether oxygens (including phenoxy) is 2. The van der Waals surface area contributed by atoms with Crippen LogP contribution in [0.5, 0.6) is 0 Å². The number of hydrogen-bond acceptors (Lipinski definition) is 4. The maximum atomic E-state index is 11.2. The Bertz CT molecular complexity index is 232. The Labute approximate surface area is 105 Å². The molecule has 0 radical (unpaired) electrons. The number of hydrogen-bond donors (Lipinski definition) is 0. The van der Waals surface area contributed by atoms with Crippen molar-refractivity contribution in [1.29, 1.82) is 0 Å². The van der Waals surface area contributed by atoms with Crippen molar-refractivity contribution in [3.05, 3.63) is 0 Å². The van der Waals surface area contributed by atoms with Crippen LogP contribution in [0.2, 0.25) is 0 Å². The smallest absolute Gasteiger partial charge is 0.326 e. The van der Waals surface area contributed by atoms with Gasteiger partial charge in [0.25, 0.3) is 5.79 Å². The van der Waals surface area contributed by atoms with Crippen LogP contribution >= 0.6 is 0 Å². The summed E-state index contributed by atoms with van der Waals surface area (Å²) in [6.45, 7) is 14.3. The number of esters is 2. The molecular weight excluding hydrogens is 220 g/mol. The van der Waals surface area contributed by atoms with Crippen LogP contribution in [0.15, 0.2) is 0 Å². The Morgan fingerprint density at radius 3 is 1.35 bits per heavy atom. The van der Waals surface area contributed by atoms with Crippen LogP contribution in [-0.2, 0) is 19.1 Å². The van der Waals surface area contributed by atoms with Crippen molar-refractivity contribution in [3.8, 4) is 0 Å². The second kappa shape index (κ2) is 7.30. The van der Waals surface area contributed by atoms with E-state index >= 15 is 0 Å². The van der Waals surface area contributed by atoms with Gasteiger partial charge >= 0.3 is 11.9 Å². The first-order valence-electron chi connectivity index (χ1n) is 6.14. The molecule has 1 heterocycles. The molecule has 0 N–H and O–H groups in total. The second-order valence-corrected chi connectivity index (χ2v) is 4.51. The van der Waals surface area contributed by atoms with Crippen molar-refractivity contribution in [3.63, 3.8) is 0 Å². The lowest BCUT2D eigenvalue weighted by Crippen LogP contribution is -2.50. The molecule has 1 aliphatic heterocycles. The fourth-order valence-corrected chi connectivity index (χ4v) is 0.806. The first-order chi connectivity index (χ1) is 7.67. The fraction of sp³-hybridized carbons (Fsp3) is 0.846. The molecule has 17 heavy (non-hydrogen) atoms. The van der Waals surface area contributed by atoms with E-state index in [1.54, 1.807) is 0 Å². The van der Waals surface area contributed by atoms with Gasteiger partial charge in [-0.05, 0) is 13.8 Å². The van der Waals surface area contributed by atoms with E-state index in [0.29, 0.717) is 0 Å². The standard InChI is InChI=1S/C8H12O4.C3H8.C2H6/c1-7(2)5(9)11-8(3,4)12-6(7)10;1-3-2;1-2/h1-4H3;3H2,1-2H3;1-2H3. The van der Waals surface area contributed by atoms with Crippen molar-refractivity contribution in [2.45, 2.75) is 67.6 Å². The summed E-state index contributed by atoms with van der Waals surface area (Å²) >= 11 is 0. The highest BCUT2D eigenvalue weighted by atomic mass is 16.7. The first kappa shape index (κ1) is 18.3. The number of carbonyl (C=O) groups is 2. The summed E-state index contributed by atoms with van der Waals surface area (Å²) in [5.41, 5.74) is -1.17. The minimum Gasteiger partial charge on any atom is -0.422 e. The molecule has 0 aliphatic carbocycles. The van der Waals surface area contributed by atoms with Crippen molar-refractivity contribution in [2.24, 2.45) is 5.41 Å². The van der Waals surface area contributed by atoms with Crippen molar-refractivity contribution in [2.75, 3.05) is 0 Å². The van der Waals surface area contributed by atoms with E-state index in [0.717, 1.165) is 0 Å². The molecule has 0 unspecified atom stereocenters. The van der Waals surface area contributed by atoms with E-state index < -0.39 is 23.1 Å². The summed E-state index contributed by atoms with van der Waals surface area (Å²) in [5, 5.41) is 0. The lowest BCUT2D eigenvalue weighted by atomic mass is 9.93. The van der Waals surface area contributed by atoms with Crippen molar-refractivity contribution >= 4 is 11.9 Å². The molecule has 102 valence electrons. The maximum absolute atomic E-state index is 11.2. The van der Waals surface area contributed by atoms with E-state index in [4.69, 9.17) is 9.47 Å². The third-order valence-corrected chi connectivity index (χ3v) is 1.70. The van der Waals surface area contributed by atoms with Crippen molar-refractivity contribution < 1.29 is 19.1 Å². The van der Waals surface area contributed by atoms with Crippen molar-refractivity contribution in [1.82, 2.24) is 0 Å². The monoisotopic (exact) mass is 246 g/mol. The molecule has 4 heteroatoms. The third kappa shape index (κ3) is 5.71. The van der Waals surface area contributed by atoms with Crippen LogP contribution < -0.4 is 0 Å². The topological polar surface area (TPSA) is 52.6 Å². The molecule has 0 bridgehead atoms. The molecule has 0 aromatic rings. The second-order valence-electron chi connectivity index (χ2n) is 4.51. The predicted octanol–water partition coefficient (Wildman–Crippen LogP) is 3.29. The molecule has 0 atom stereocenters. The van der Waals surface area contributed by atoms with Crippen LogP contribution in [0.1, 0.15) is 61.8 Å². The summed E-state index contributed by atoms with van der Waals surface area (Å²) in [6, 6.07) is 0. The van der Waals surface area contributed by atoms with Gasteiger partial charge in [-0.1, -0.05) is 34.1 Å². The summed E-state index contributed by atoms with van der Waals surface area (Å²) < 4.78 is 9.75. The lowest BCUT2D eigenvalue weighted by Gasteiger charge is -2.36. The van der Waals surface area contributed by atoms with Gasteiger partial charge in [0.1, 0.15) is 0 Å². The number of rotatable bonds is 0. The summed E-state index contributed by atoms with van der Waals surface area (Å²) in [6.07, 6.45) is 1.25. The fourth-order valence-electron chi connectivity index (χ4n) is 0.806. The Kier molecular flexibility index (Phi) is 7.86. The Morgan fingerprint density at radius 2 is 1.12 bits per heavy atom. The van der Waals surface area contributed by atoms with Gasteiger partial charge in [0.05, 0.1) is 0 Å². The Hall–Kier alpha value is -1.06. The highest BCUT2D eigenvalue weighted by molar-refractivity contribution is 6.00. The average molecular weight is 246 g/mol. The molecular formula is C13H26O4. The molecule has 1 saturated heterocycles. The first-order valence-corrected chi connectivity index (χ1v) is 6.14. The molecule has 0 spiro atoms. The van der Waals surface area contributed by atoms with Gasteiger partial charge in [-0.3, -0.25) is 9.59 Å². The maximum Gasteiger partial charge on any atom is 0.326 e. The summed E-state index contributed by atoms with van der Waals surface area (Å²) in [7, 11) is 0. The SMILES string of the molecule is CC.CC1(C)OC(=O)C(C)(C)C(=O)O1.CCC. The quantitative estimate of drug-likeness (QED) is 0.486. The van der Waals surface area contributed by atoms with Gasteiger partial charge in [-0.2, -0.15) is 0 Å². The average Bonchev–Trinajstić information content (AvgIpc) is 2.18. The van der Waals surface area contributed by atoms with Gasteiger partial charge < -0.3 is 9.47 Å². The zero-order chi connectivity index (χ0) is 14.3. The minimum absolute atomic E-state index is 0.538. The third-order valence-electron chi connectivity index (χ3n) is 1.70. The highest BCUT2D eigenvalue weighted by Crippen LogP contribution is 2.30. The molecule has 1 fully saturated rings. The summed E-state index contributed by atoms with van der Waals surface area (Å²) in [5.74, 6) is -2.20. The van der Waals surface area contributed by atoms with E-state index in [-0.39, 0.29) is 0 Å². The molecule has 0 saturated carbocycles. The zero-order valence-corrected chi connectivity index (χ0v) is 12.3. The van der Waals surface area contributed by atoms with Crippen LogP contribution in [0.25, 0.3) is 0 Å². The van der Waals surface area contributed by atoms with Gasteiger partial charge in [0.15, 0.2) is 5.41 Å². The van der Waals surface area contributed by atoms with E-state index in [9.17, 15) is 9.59 Å². The molecule has 0 aromatic carbocycles. The Morgan fingerprint density at radius 1 is 0.882 bits per heavy atom. The largest absolute Gasteiger partial charge is 0.422 e. The van der Waals surface area contributed by atoms with E-state index in [1.165, 1.54) is 34.1 Å².